The number of amides is 1. The number of hydrogen-bond acceptors (Lipinski definition) is 7. The summed E-state index contributed by atoms with van der Waals surface area (Å²) in [6, 6.07) is 20.8. The van der Waals surface area contributed by atoms with E-state index in [1.165, 1.54) is 16.0 Å². The lowest BCUT2D eigenvalue weighted by atomic mass is 10.1. The van der Waals surface area contributed by atoms with Crippen LogP contribution in [0.15, 0.2) is 71.0 Å². The number of carbonyl (C=O) groups is 1. The van der Waals surface area contributed by atoms with Crippen LogP contribution in [0.25, 0.3) is 23.0 Å². The van der Waals surface area contributed by atoms with Crippen molar-refractivity contribution in [3.8, 4) is 23.0 Å². The van der Waals surface area contributed by atoms with Crippen LogP contribution < -0.4 is 15.8 Å². The quantitative estimate of drug-likeness (QED) is 0.301. The van der Waals surface area contributed by atoms with Gasteiger partial charge in [0.1, 0.15) is 17.3 Å². The van der Waals surface area contributed by atoms with Crippen molar-refractivity contribution in [1.29, 1.82) is 5.26 Å². The number of anilines is 2. The Morgan fingerprint density at radius 3 is 2.42 bits per heavy atom. The smallest absolute Gasteiger partial charge is 0.295 e. The third-order valence-corrected chi connectivity index (χ3v) is 7.47. The summed E-state index contributed by atoms with van der Waals surface area (Å²) in [5, 5.41) is 13.4. The highest BCUT2D eigenvalue weighted by Gasteiger charge is 2.22. The summed E-state index contributed by atoms with van der Waals surface area (Å²) in [5.41, 5.74) is 2.46. The van der Waals surface area contributed by atoms with Crippen molar-refractivity contribution >= 4 is 34.1 Å². The van der Waals surface area contributed by atoms with Crippen molar-refractivity contribution in [3.05, 3.63) is 87.2 Å². The highest BCUT2D eigenvalue weighted by molar-refractivity contribution is 7.17. The third kappa shape index (κ3) is 4.89. The molecule has 0 unspecified atom stereocenters. The molecule has 0 spiro atoms. The van der Waals surface area contributed by atoms with Crippen LogP contribution >= 0.6 is 11.3 Å². The van der Waals surface area contributed by atoms with Gasteiger partial charge in [-0.15, -0.1) is 0 Å². The number of para-hydroxylation sites is 1. The molecule has 1 amide bonds. The number of morpholine rings is 1. The number of thiazole rings is 1. The molecular formula is C28H26N6O3S. The lowest BCUT2D eigenvalue weighted by Crippen LogP contribution is -2.36. The Morgan fingerprint density at radius 1 is 1.11 bits per heavy atom. The van der Waals surface area contributed by atoms with Gasteiger partial charge in [0, 0.05) is 25.7 Å². The number of rotatable bonds is 6. The molecule has 2 aromatic heterocycles. The molecule has 38 heavy (non-hydrogen) atoms. The predicted molar refractivity (Wildman–Crippen MR) is 149 cm³/mol. The van der Waals surface area contributed by atoms with Gasteiger partial charge in [-0.1, -0.05) is 59.9 Å². The van der Waals surface area contributed by atoms with Crippen molar-refractivity contribution in [3.63, 3.8) is 0 Å². The Morgan fingerprint density at radius 2 is 1.76 bits per heavy atom. The van der Waals surface area contributed by atoms with E-state index in [0.29, 0.717) is 35.2 Å². The molecule has 5 rings (SSSR count). The Kier molecular flexibility index (Phi) is 7.22. The third-order valence-electron chi connectivity index (χ3n) is 6.40. The van der Waals surface area contributed by atoms with Gasteiger partial charge >= 0.3 is 0 Å². The molecule has 2 aromatic carbocycles. The van der Waals surface area contributed by atoms with Crippen LogP contribution in [0.1, 0.15) is 10.6 Å². The van der Waals surface area contributed by atoms with Crippen molar-refractivity contribution in [2.45, 2.75) is 6.92 Å². The summed E-state index contributed by atoms with van der Waals surface area (Å²) < 4.78 is 8.62. The van der Waals surface area contributed by atoms with Gasteiger partial charge in [0.25, 0.3) is 11.5 Å². The largest absolute Gasteiger partial charge is 0.378 e. The van der Waals surface area contributed by atoms with E-state index in [9.17, 15) is 14.9 Å². The molecule has 0 aliphatic carbocycles. The van der Waals surface area contributed by atoms with Gasteiger partial charge in [0.2, 0.25) is 0 Å². The standard InChI is InChI=1S/C28H26N6O3S/c1-19-24(27(36)34(32(19)2)22-11-7-4-8-12-22)30-26(35)21(18-29)17-23-25(20-9-5-3-6-10-20)31-28(38-23)33-13-15-37-16-14-33/h3-12,17H,13-16H2,1-2H3,(H,30,35). The molecule has 1 aliphatic rings. The number of aromatic nitrogens is 3. The number of hydrogen-bond donors (Lipinski definition) is 1. The van der Waals surface area contributed by atoms with E-state index in [1.807, 2.05) is 66.7 Å². The topological polar surface area (TPSA) is 105 Å². The minimum atomic E-state index is -0.654. The van der Waals surface area contributed by atoms with Crippen LogP contribution in [0.2, 0.25) is 0 Å². The summed E-state index contributed by atoms with van der Waals surface area (Å²) in [4.78, 5) is 34.2. The molecule has 1 saturated heterocycles. The Bertz CT molecular complexity index is 1590. The Labute approximate surface area is 223 Å². The maximum atomic E-state index is 13.3. The zero-order valence-electron chi connectivity index (χ0n) is 21.0. The van der Waals surface area contributed by atoms with Crippen LogP contribution in [0.4, 0.5) is 10.8 Å². The Balaban J connectivity index is 1.50. The summed E-state index contributed by atoms with van der Waals surface area (Å²) in [5.74, 6) is -0.654. The van der Waals surface area contributed by atoms with E-state index in [4.69, 9.17) is 9.72 Å². The molecule has 0 atom stereocenters. The molecular weight excluding hydrogens is 500 g/mol. The Hall–Kier alpha value is -4.46. The van der Waals surface area contributed by atoms with Crippen molar-refractivity contribution in [1.82, 2.24) is 14.3 Å². The lowest BCUT2D eigenvalue weighted by molar-refractivity contribution is -0.112. The number of nitrogens with one attached hydrogen (secondary N) is 1. The second kappa shape index (κ2) is 10.9. The van der Waals surface area contributed by atoms with Crippen LogP contribution in [0, 0.1) is 18.3 Å². The summed E-state index contributed by atoms with van der Waals surface area (Å²) in [7, 11) is 1.75. The molecule has 1 fully saturated rings. The first-order chi connectivity index (χ1) is 18.5. The van der Waals surface area contributed by atoms with Crippen LogP contribution in [-0.4, -0.2) is 46.6 Å². The summed E-state index contributed by atoms with van der Waals surface area (Å²) in [6.45, 7) is 4.43. The highest BCUT2D eigenvalue weighted by Crippen LogP contribution is 2.35. The lowest BCUT2D eigenvalue weighted by Gasteiger charge is -2.26. The molecule has 4 aromatic rings. The number of ether oxygens (including phenoxy) is 1. The van der Waals surface area contributed by atoms with E-state index < -0.39 is 5.91 Å². The monoisotopic (exact) mass is 526 g/mol. The van der Waals surface area contributed by atoms with E-state index in [0.717, 1.165) is 23.8 Å². The SMILES string of the molecule is Cc1c(NC(=O)C(C#N)=Cc2sc(N3CCOCC3)nc2-c2ccccc2)c(=O)n(-c2ccccc2)n1C. The summed E-state index contributed by atoms with van der Waals surface area (Å²) >= 11 is 1.42. The second-order valence-corrected chi connectivity index (χ2v) is 9.74. The number of benzene rings is 2. The molecule has 0 saturated carbocycles. The maximum Gasteiger partial charge on any atom is 0.295 e. The molecule has 1 N–H and O–H groups in total. The molecule has 3 heterocycles. The predicted octanol–water partition coefficient (Wildman–Crippen LogP) is 3.99. The molecule has 0 bridgehead atoms. The molecule has 1 aliphatic heterocycles. The molecule has 192 valence electrons. The van der Waals surface area contributed by atoms with E-state index in [1.54, 1.807) is 24.7 Å². The van der Waals surface area contributed by atoms with Crippen LogP contribution in [0.3, 0.4) is 0 Å². The fraction of sp³-hybridized carbons (Fsp3) is 0.214. The van der Waals surface area contributed by atoms with Gasteiger partial charge in [0.05, 0.1) is 35.2 Å². The van der Waals surface area contributed by atoms with Gasteiger partial charge in [-0.3, -0.25) is 14.3 Å². The van der Waals surface area contributed by atoms with Crippen molar-refractivity contribution < 1.29 is 9.53 Å². The zero-order valence-corrected chi connectivity index (χ0v) is 21.9. The van der Waals surface area contributed by atoms with Gasteiger partial charge in [0.15, 0.2) is 5.13 Å². The fourth-order valence-corrected chi connectivity index (χ4v) is 5.37. The van der Waals surface area contributed by atoms with Crippen molar-refractivity contribution in [2.75, 3.05) is 36.5 Å². The van der Waals surface area contributed by atoms with Crippen LogP contribution in [0.5, 0.6) is 0 Å². The van der Waals surface area contributed by atoms with Gasteiger partial charge in [-0.05, 0) is 25.1 Å². The minimum Gasteiger partial charge on any atom is -0.378 e. The van der Waals surface area contributed by atoms with Gasteiger partial charge in [-0.25, -0.2) is 9.67 Å². The van der Waals surface area contributed by atoms with Gasteiger partial charge < -0.3 is 15.0 Å². The fourth-order valence-electron chi connectivity index (χ4n) is 4.28. The minimum absolute atomic E-state index is 0.117. The second-order valence-electron chi connectivity index (χ2n) is 8.74. The first-order valence-electron chi connectivity index (χ1n) is 12.1. The molecule has 9 nitrogen and oxygen atoms in total. The van der Waals surface area contributed by atoms with Crippen molar-refractivity contribution in [2.24, 2.45) is 7.05 Å². The average Bonchev–Trinajstić information content (AvgIpc) is 3.47. The van der Waals surface area contributed by atoms with Gasteiger partial charge in [-0.2, -0.15) is 5.26 Å². The first kappa shape index (κ1) is 25.2. The van der Waals surface area contributed by atoms with E-state index in [-0.39, 0.29) is 16.8 Å². The first-order valence-corrected chi connectivity index (χ1v) is 13.0. The number of nitrogens with zero attached hydrogens (tertiary/aromatic N) is 5. The van der Waals surface area contributed by atoms with E-state index in [2.05, 4.69) is 10.2 Å². The number of carbonyl (C=O) groups excluding carboxylic acids is 1. The highest BCUT2D eigenvalue weighted by atomic mass is 32.1. The molecule has 0 radical (unpaired) electrons. The summed E-state index contributed by atoms with van der Waals surface area (Å²) in [6.07, 6.45) is 1.55. The van der Waals surface area contributed by atoms with E-state index >= 15 is 0 Å². The van der Waals surface area contributed by atoms with Crippen LogP contribution in [-0.2, 0) is 16.6 Å². The average molecular weight is 527 g/mol. The maximum absolute atomic E-state index is 13.3. The number of nitriles is 1. The normalized spacial score (nSPS) is 13.8. The zero-order chi connectivity index (χ0) is 26.6. The molecule has 10 heteroatoms.